The zero-order chi connectivity index (χ0) is 13.8. The van der Waals surface area contributed by atoms with Crippen LogP contribution in [0.3, 0.4) is 0 Å². The molecular weight excluding hydrogens is 238 g/mol. The maximum atomic E-state index is 9.82. The summed E-state index contributed by atoms with van der Waals surface area (Å²) in [6.45, 7) is 5.53. The summed E-state index contributed by atoms with van der Waals surface area (Å²) >= 11 is 0. The van der Waals surface area contributed by atoms with Crippen molar-refractivity contribution in [2.45, 2.75) is 32.9 Å². The van der Waals surface area contributed by atoms with Gasteiger partial charge in [-0.1, -0.05) is 26.0 Å². The minimum absolute atomic E-state index is 0.283. The molecule has 0 saturated carbocycles. The van der Waals surface area contributed by atoms with Gasteiger partial charge in [-0.3, -0.25) is 0 Å². The first-order valence-corrected chi connectivity index (χ1v) is 6.87. The second kappa shape index (κ2) is 6.17. The molecule has 1 heterocycles. The molecule has 0 aliphatic heterocycles. The van der Waals surface area contributed by atoms with Crippen LogP contribution in [0.15, 0.2) is 24.3 Å². The van der Waals surface area contributed by atoms with Gasteiger partial charge in [-0.05, 0) is 24.5 Å². The Morgan fingerprint density at radius 2 is 2.05 bits per heavy atom. The summed E-state index contributed by atoms with van der Waals surface area (Å²) in [5.74, 6) is 1.52. The Morgan fingerprint density at radius 1 is 1.32 bits per heavy atom. The van der Waals surface area contributed by atoms with Crippen LogP contribution in [0.2, 0.25) is 0 Å². The molecule has 4 heteroatoms. The number of aryl methyl sites for hydroxylation is 1. The van der Waals surface area contributed by atoms with E-state index in [9.17, 15) is 5.11 Å². The zero-order valence-electron chi connectivity index (χ0n) is 11.9. The molecular formula is C15H23N3O. The van der Waals surface area contributed by atoms with E-state index in [1.54, 1.807) is 0 Å². The molecule has 19 heavy (non-hydrogen) atoms. The highest BCUT2D eigenvalue weighted by atomic mass is 16.3. The molecule has 0 saturated heterocycles. The molecule has 0 aliphatic rings. The Balaban J connectivity index is 1.93. The molecule has 2 aromatic rings. The Morgan fingerprint density at radius 3 is 2.74 bits per heavy atom. The third-order valence-corrected chi connectivity index (χ3v) is 3.29. The molecule has 0 fully saturated rings. The lowest BCUT2D eigenvalue weighted by Gasteiger charge is -2.13. The second-order valence-corrected chi connectivity index (χ2v) is 5.49. The number of aromatic nitrogens is 2. The minimum Gasteiger partial charge on any atom is -0.392 e. The van der Waals surface area contributed by atoms with Gasteiger partial charge in [0.05, 0.1) is 23.7 Å². The maximum absolute atomic E-state index is 9.82. The van der Waals surface area contributed by atoms with Crippen molar-refractivity contribution >= 4 is 11.0 Å². The van der Waals surface area contributed by atoms with Gasteiger partial charge in [-0.2, -0.15) is 0 Å². The van der Waals surface area contributed by atoms with Gasteiger partial charge < -0.3 is 15.0 Å². The molecule has 0 amide bonds. The second-order valence-electron chi connectivity index (χ2n) is 5.49. The van der Waals surface area contributed by atoms with Crippen molar-refractivity contribution in [3.8, 4) is 0 Å². The molecule has 0 bridgehead atoms. The number of hydrogen-bond donors (Lipinski definition) is 2. The Kier molecular flexibility index (Phi) is 4.56. The first-order chi connectivity index (χ1) is 9.08. The van der Waals surface area contributed by atoms with Crippen LogP contribution in [-0.2, 0) is 13.6 Å². The van der Waals surface area contributed by atoms with Crippen LogP contribution in [0.1, 0.15) is 26.1 Å². The lowest BCUT2D eigenvalue weighted by Crippen LogP contribution is -2.28. The summed E-state index contributed by atoms with van der Waals surface area (Å²) in [6, 6.07) is 8.11. The topological polar surface area (TPSA) is 50.1 Å². The third kappa shape index (κ3) is 3.55. The van der Waals surface area contributed by atoms with Crippen LogP contribution in [0.4, 0.5) is 0 Å². The first kappa shape index (κ1) is 14.0. The smallest absolute Gasteiger partial charge is 0.123 e. The number of aliphatic hydroxyl groups is 1. The van der Waals surface area contributed by atoms with Gasteiger partial charge >= 0.3 is 0 Å². The summed E-state index contributed by atoms with van der Waals surface area (Å²) in [5.41, 5.74) is 2.16. The zero-order valence-corrected chi connectivity index (χ0v) is 11.9. The molecule has 1 unspecified atom stereocenters. The van der Waals surface area contributed by atoms with Crippen molar-refractivity contribution in [3.05, 3.63) is 30.1 Å². The lowest BCUT2D eigenvalue weighted by atomic mass is 10.1. The Hall–Kier alpha value is -1.39. The van der Waals surface area contributed by atoms with E-state index in [0.29, 0.717) is 19.0 Å². The Bertz CT molecular complexity index is 533. The highest BCUT2D eigenvalue weighted by Gasteiger charge is 2.09. The van der Waals surface area contributed by atoms with Crippen molar-refractivity contribution < 1.29 is 5.11 Å². The van der Waals surface area contributed by atoms with Crippen molar-refractivity contribution in [2.75, 3.05) is 6.54 Å². The normalized spacial score (nSPS) is 13.3. The quantitative estimate of drug-likeness (QED) is 0.837. The standard InChI is InChI=1S/C15H23N3O/c1-11(2)8-12(19)9-16-10-15-17-13-6-4-5-7-14(13)18(15)3/h4-7,11-12,16,19H,8-10H2,1-3H3. The van der Waals surface area contributed by atoms with E-state index >= 15 is 0 Å². The summed E-state index contributed by atoms with van der Waals surface area (Å²) in [4.78, 5) is 4.59. The average molecular weight is 261 g/mol. The number of nitrogens with zero attached hydrogens (tertiary/aromatic N) is 2. The van der Waals surface area contributed by atoms with Crippen LogP contribution in [0.5, 0.6) is 0 Å². The third-order valence-electron chi connectivity index (χ3n) is 3.29. The fourth-order valence-electron chi connectivity index (χ4n) is 2.33. The summed E-state index contributed by atoms with van der Waals surface area (Å²) < 4.78 is 2.09. The minimum atomic E-state index is -0.283. The van der Waals surface area contributed by atoms with Gasteiger partial charge in [0.1, 0.15) is 5.82 Å². The van der Waals surface area contributed by atoms with Gasteiger partial charge in [0.2, 0.25) is 0 Å². The number of hydrogen-bond acceptors (Lipinski definition) is 3. The van der Waals surface area contributed by atoms with Crippen molar-refractivity contribution in [2.24, 2.45) is 13.0 Å². The highest BCUT2D eigenvalue weighted by molar-refractivity contribution is 5.75. The maximum Gasteiger partial charge on any atom is 0.123 e. The van der Waals surface area contributed by atoms with Crippen molar-refractivity contribution in [1.82, 2.24) is 14.9 Å². The molecule has 0 spiro atoms. The molecule has 2 rings (SSSR count). The number of rotatable bonds is 6. The fourth-order valence-corrected chi connectivity index (χ4v) is 2.33. The van der Waals surface area contributed by atoms with Crippen LogP contribution in [-0.4, -0.2) is 27.3 Å². The monoisotopic (exact) mass is 261 g/mol. The largest absolute Gasteiger partial charge is 0.392 e. The fraction of sp³-hybridized carbons (Fsp3) is 0.533. The van der Waals surface area contributed by atoms with E-state index in [1.807, 2.05) is 25.2 Å². The van der Waals surface area contributed by atoms with Gasteiger partial charge in [0.25, 0.3) is 0 Å². The molecule has 0 radical (unpaired) electrons. The van der Waals surface area contributed by atoms with Crippen LogP contribution < -0.4 is 5.32 Å². The molecule has 104 valence electrons. The summed E-state index contributed by atoms with van der Waals surface area (Å²) in [5, 5.41) is 13.1. The highest BCUT2D eigenvalue weighted by Crippen LogP contribution is 2.13. The molecule has 1 atom stereocenters. The molecule has 4 nitrogen and oxygen atoms in total. The van der Waals surface area contributed by atoms with Crippen molar-refractivity contribution in [1.29, 1.82) is 0 Å². The molecule has 1 aromatic heterocycles. The van der Waals surface area contributed by atoms with E-state index in [2.05, 4.69) is 34.8 Å². The molecule has 1 aromatic carbocycles. The summed E-state index contributed by atoms with van der Waals surface area (Å²) in [6.07, 6.45) is 0.546. The van der Waals surface area contributed by atoms with Gasteiger partial charge in [-0.15, -0.1) is 0 Å². The molecule has 0 aliphatic carbocycles. The number of benzene rings is 1. The van der Waals surface area contributed by atoms with E-state index in [-0.39, 0.29) is 6.10 Å². The van der Waals surface area contributed by atoms with Gasteiger partial charge in [-0.25, -0.2) is 4.98 Å². The van der Waals surface area contributed by atoms with Gasteiger partial charge in [0.15, 0.2) is 0 Å². The van der Waals surface area contributed by atoms with E-state index < -0.39 is 0 Å². The summed E-state index contributed by atoms with van der Waals surface area (Å²) in [7, 11) is 2.02. The van der Waals surface area contributed by atoms with Crippen LogP contribution in [0.25, 0.3) is 11.0 Å². The van der Waals surface area contributed by atoms with E-state index in [0.717, 1.165) is 23.3 Å². The number of nitrogens with one attached hydrogen (secondary N) is 1. The predicted octanol–water partition coefficient (Wildman–Crippen LogP) is 2.07. The first-order valence-electron chi connectivity index (χ1n) is 6.87. The Labute approximate surface area is 114 Å². The van der Waals surface area contributed by atoms with E-state index in [4.69, 9.17) is 0 Å². The average Bonchev–Trinajstić information content (AvgIpc) is 2.66. The van der Waals surface area contributed by atoms with Crippen LogP contribution in [0, 0.1) is 5.92 Å². The number of imidazole rings is 1. The predicted molar refractivity (Wildman–Crippen MR) is 77.9 cm³/mol. The number of aliphatic hydroxyl groups excluding tert-OH is 1. The SMILES string of the molecule is CC(C)CC(O)CNCc1nc2ccccc2n1C. The lowest BCUT2D eigenvalue weighted by molar-refractivity contribution is 0.146. The number of fused-ring (bicyclic) bond motifs is 1. The number of para-hydroxylation sites is 2. The van der Waals surface area contributed by atoms with Crippen LogP contribution >= 0.6 is 0 Å². The van der Waals surface area contributed by atoms with Crippen molar-refractivity contribution in [3.63, 3.8) is 0 Å². The van der Waals surface area contributed by atoms with E-state index in [1.165, 1.54) is 0 Å². The molecule has 2 N–H and O–H groups in total. The van der Waals surface area contributed by atoms with Gasteiger partial charge in [0, 0.05) is 13.6 Å².